The van der Waals surface area contributed by atoms with Gasteiger partial charge in [0.15, 0.2) is 5.72 Å². The predicted molar refractivity (Wildman–Crippen MR) is 172 cm³/mol. The average Bonchev–Trinajstić information content (AvgIpc) is 2.90. The molecule has 5 heteroatoms. The first-order valence-electron chi connectivity index (χ1n) is 15.0. The van der Waals surface area contributed by atoms with Crippen molar-refractivity contribution in [3.05, 3.63) is 89.1 Å². The first-order valence-corrected chi connectivity index (χ1v) is 15.0. The molecule has 0 bridgehead atoms. The minimum atomic E-state index is -1.35. The summed E-state index contributed by atoms with van der Waals surface area (Å²) in [5, 5.41) is 14.9. The Morgan fingerprint density at radius 2 is 1.73 bits per heavy atom. The molecule has 0 aromatic heterocycles. The third kappa shape index (κ3) is 8.21. The van der Waals surface area contributed by atoms with Crippen molar-refractivity contribution in [3.63, 3.8) is 0 Å². The van der Waals surface area contributed by atoms with Crippen LogP contribution in [0, 0.1) is 23.7 Å². The Morgan fingerprint density at radius 3 is 2.39 bits per heavy atom. The lowest BCUT2D eigenvalue weighted by Crippen LogP contribution is -2.43. The van der Waals surface area contributed by atoms with E-state index in [1.54, 1.807) is 0 Å². The van der Waals surface area contributed by atoms with Crippen molar-refractivity contribution < 1.29 is 14.6 Å². The molecular formula is C36H50N2O3. The Bertz CT molecular complexity index is 1270. The molecule has 3 rings (SSSR count). The molecule has 2 aromatic carbocycles. The van der Waals surface area contributed by atoms with E-state index in [0.29, 0.717) is 32.0 Å². The van der Waals surface area contributed by atoms with Crippen LogP contribution in [0.4, 0.5) is 5.69 Å². The summed E-state index contributed by atoms with van der Waals surface area (Å²) in [6, 6.07) is 16.3. The molecule has 1 aliphatic heterocycles. The van der Waals surface area contributed by atoms with Crippen LogP contribution in [-0.2, 0) is 9.53 Å². The molecule has 1 aliphatic rings. The summed E-state index contributed by atoms with van der Waals surface area (Å²) in [5.41, 5.74) is 3.15. The van der Waals surface area contributed by atoms with Crippen LogP contribution in [-0.4, -0.2) is 36.5 Å². The lowest BCUT2D eigenvalue weighted by atomic mass is 9.64. The number of esters is 1. The molecule has 1 heterocycles. The molecule has 5 nitrogen and oxygen atoms in total. The summed E-state index contributed by atoms with van der Waals surface area (Å²) in [6.07, 6.45) is 11.2. The molecule has 0 aliphatic carbocycles. The third-order valence-electron chi connectivity index (χ3n) is 8.19. The van der Waals surface area contributed by atoms with Gasteiger partial charge in [-0.25, -0.2) is 0 Å². The van der Waals surface area contributed by atoms with Crippen molar-refractivity contribution in [2.24, 2.45) is 16.7 Å². The van der Waals surface area contributed by atoms with Gasteiger partial charge in [-0.1, -0.05) is 96.2 Å². The van der Waals surface area contributed by atoms with E-state index < -0.39 is 11.1 Å². The lowest BCUT2D eigenvalue weighted by molar-refractivity contribution is -0.163. The number of ether oxygens (including phenoxy) is 1. The molecular weight excluding hydrogens is 508 g/mol. The standard InChI is InChI=1S/C36H50N2O3/c1-9-37-36(40,22-21-29-16-11-10-15-28(29)4)26-31-20-19-30-17-12-13-18-32(30)38(31)23-14-24-41-33(39)35(8,25-27(2)3)34(5,6)7/h10-13,15-22,26-27,37,40H,9,14,23-25H2,1-8H3/b22-21-,31-26+. The van der Waals surface area contributed by atoms with E-state index >= 15 is 0 Å². The topological polar surface area (TPSA) is 61.8 Å². The summed E-state index contributed by atoms with van der Waals surface area (Å²) in [5.74, 6) is 0.266. The molecule has 2 N–H and O–H groups in total. The Hall–Kier alpha value is -3.15. The maximum atomic E-state index is 13.3. The second kappa shape index (κ2) is 13.7. The number of hydrogen-bond donors (Lipinski definition) is 2. The van der Waals surface area contributed by atoms with Gasteiger partial charge in [0, 0.05) is 17.9 Å². The van der Waals surface area contributed by atoms with Gasteiger partial charge < -0.3 is 14.7 Å². The average molecular weight is 559 g/mol. The maximum absolute atomic E-state index is 13.3. The highest BCUT2D eigenvalue weighted by molar-refractivity contribution is 5.78. The number of nitrogens with one attached hydrogen (secondary N) is 1. The molecule has 0 fully saturated rings. The molecule has 2 atom stereocenters. The van der Waals surface area contributed by atoms with E-state index in [2.05, 4.69) is 76.0 Å². The highest BCUT2D eigenvalue weighted by Crippen LogP contribution is 2.44. The van der Waals surface area contributed by atoms with Crippen molar-refractivity contribution in [2.45, 2.75) is 74.0 Å². The Labute approximate surface area is 248 Å². The fourth-order valence-electron chi connectivity index (χ4n) is 5.37. The number of hydrogen-bond acceptors (Lipinski definition) is 5. The van der Waals surface area contributed by atoms with Gasteiger partial charge in [-0.2, -0.15) is 0 Å². The molecule has 0 saturated heterocycles. The number of aliphatic hydroxyl groups is 1. The van der Waals surface area contributed by atoms with Crippen LogP contribution in [0.5, 0.6) is 0 Å². The largest absolute Gasteiger partial charge is 0.465 e. The zero-order valence-corrected chi connectivity index (χ0v) is 26.3. The molecule has 2 unspecified atom stereocenters. The van der Waals surface area contributed by atoms with Gasteiger partial charge in [-0.15, -0.1) is 0 Å². The SMILES string of the molecule is CCNC(O)(/C=C\c1ccccc1C)/C=C1\C=Cc2ccccc2N1CCCOC(=O)C(C)(CC(C)C)C(C)(C)C. The van der Waals surface area contributed by atoms with Crippen LogP contribution >= 0.6 is 0 Å². The quantitative estimate of drug-likeness (QED) is 0.158. The van der Waals surface area contributed by atoms with E-state index in [4.69, 9.17) is 4.74 Å². The van der Waals surface area contributed by atoms with Crippen LogP contribution in [0.25, 0.3) is 12.2 Å². The number of carbonyl (C=O) groups excluding carboxylic acids is 1. The van der Waals surface area contributed by atoms with Gasteiger partial charge in [0.05, 0.1) is 12.0 Å². The van der Waals surface area contributed by atoms with Crippen molar-refractivity contribution in [1.82, 2.24) is 5.32 Å². The number of anilines is 1. The number of para-hydroxylation sites is 1. The second-order valence-electron chi connectivity index (χ2n) is 12.8. The van der Waals surface area contributed by atoms with Gasteiger partial charge in [0.1, 0.15) is 0 Å². The van der Waals surface area contributed by atoms with Gasteiger partial charge in [0.25, 0.3) is 0 Å². The monoisotopic (exact) mass is 558 g/mol. The molecule has 41 heavy (non-hydrogen) atoms. The number of carbonyl (C=O) groups is 1. The smallest absolute Gasteiger partial charge is 0.312 e. The first kappa shape index (κ1) is 32.4. The zero-order chi connectivity index (χ0) is 30.3. The summed E-state index contributed by atoms with van der Waals surface area (Å²) in [7, 11) is 0. The van der Waals surface area contributed by atoms with Crippen LogP contribution in [0.2, 0.25) is 0 Å². The highest BCUT2D eigenvalue weighted by Gasteiger charge is 2.45. The number of aryl methyl sites for hydroxylation is 1. The summed E-state index contributed by atoms with van der Waals surface area (Å²) in [6.45, 7) is 18.3. The summed E-state index contributed by atoms with van der Waals surface area (Å²) < 4.78 is 5.91. The number of benzene rings is 2. The van der Waals surface area contributed by atoms with Gasteiger partial charge in [0.2, 0.25) is 0 Å². The minimum Gasteiger partial charge on any atom is -0.465 e. The van der Waals surface area contributed by atoms with Crippen molar-refractivity contribution in [1.29, 1.82) is 0 Å². The maximum Gasteiger partial charge on any atom is 0.312 e. The molecule has 222 valence electrons. The second-order valence-corrected chi connectivity index (χ2v) is 12.8. The van der Waals surface area contributed by atoms with Crippen LogP contribution in [0.3, 0.4) is 0 Å². The number of fused-ring (bicyclic) bond motifs is 1. The number of likely N-dealkylation sites (N-methyl/N-ethyl adjacent to an activating group) is 1. The van der Waals surface area contributed by atoms with Crippen LogP contribution < -0.4 is 10.2 Å². The molecule has 0 amide bonds. The van der Waals surface area contributed by atoms with Crippen LogP contribution in [0.15, 0.2) is 72.5 Å². The summed E-state index contributed by atoms with van der Waals surface area (Å²) >= 11 is 0. The zero-order valence-electron chi connectivity index (χ0n) is 26.3. The van der Waals surface area contributed by atoms with Crippen molar-refractivity contribution in [3.8, 4) is 0 Å². The summed E-state index contributed by atoms with van der Waals surface area (Å²) in [4.78, 5) is 15.5. The highest BCUT2D eigenvalue weighted by atomic mass is 16.5. The van der Waals surface area contributed by atoms with E-state index in [-0.39, 0.29) is 11.4 Å². The van der Waals surface area contributed by atoms with Crippen molar-refractivity contribution >= 4 is 23.8 Å². The predicted octanol–water partition coefficient (Wildman–Crippen LogP) is 7.76. The van der Waals surface area contributed by atoms with E-state index in [1.165, 1.54) is 0 Å². The Balaban J connectivity index is 1.82. The van der Waals surface area contributed by atoms with E-state index in [1.807, 2.05) is 68.5 Å². The number of allylic oxidation sites excluding steroid dienone is 1. The lowest BCUT2D eigenvalue weighted by Gasteiger charge is -2.41. The number of nitrogens with zero attached hydrogens (tertiary/aromatic N) is 1. The van der Waals surface area contributed by atoms with Crippen LogP contribution in [0.1, 0.15) is 78.0 Å². The normalized spacial score (nSPS) is 17.5. The van der Waals surface area contributed by atoms with Gasteiger partial charge in [-0.05, 0) is 85.6 Å². The molecule has 0 spiro atoms. The van der Waals surface area contributed by atoms with Gasteiger partial charge >= 0.3 is 5.97 Å². The first-order chi connectivity index (χ1) is 19.3. The Kier molecular flexibility index (Phi) is 10.8. The van der Waals surface area contributed by atoms with Gasteiger partial charge in [-0.3, -0.25) is 10.1 Å². The fraction of sp³-hybridized carbons (Fsp3) is 0.472. The third-order valence-corrected chi connectivity index (χ3v) is 8.19. The molecule has 0 radical (unpaired) electrons. The minimum absolute atomic E-state index is 0.128. The van der Waals surface area contributed by atoms with Crippen molar-refractivity contribution in [2.75, 3.05) is 24.6 Å². The molecule has 2 aromatic rings. The van der Waals surface area contributed by atoms with E-state index in [9.17, 15) is 9.90 Å². The number of rotatable bonds is 12. The molecule has 0 saturated carbocycles. The Morgan fingerprint density at radius 1 is 1.05 bits per heavy atom. The fourth-order valence-corrected chi connectivity index (χ4v) is 5.37. The van der Waals surface area contributed by atoms with E-state index in [0.717, 1.165) is 34.5 Å².